The van der Waals surface area contributed by atoms with E-state index in [-0.39, 0.29) is 12.3 Å². The van der Waals surface area contributed by atoms with Crippen molar-refractivity contribution in [1.29, 1.82) is 0 Å². The highest BCUT2D eigenvalue weighted by molar-refractivity contribution is 7.09. The lowest BCUT2D eigenvalue weighted by Crippen LogP contribution is -2.24. The van der Waals surface area contributed by atoms with Gasteiger partial charge in [-0.2, -0.15) is 0 Å². The number of nitrogens with one attached hydrogen (secondary N) is 1. The second kappa shape index (κ2) is 6.89. The van der Waals surface area contributed by atoms with E-state index in [4.69, 9.17) is 23.2 Å². The second-order valence-corrected chi connectivity index (χ2v) is 5.60. The summed E-state index contributed by atoms with van der Waals surface area (Å²) in [6.45, 7) is 0.465. The number of hydrogen-bond acceptors (Lipinski definition) is 3. The lowest BCUT2D eigenvalue weighted by atomic mass is 10.2. The average molecular weight is 315 g/mol. The summed E-state index contributed by atoms with van der Waals surface area (Å²) in [4.78, 5) is 16.0. The number of thiazole rings is 1. The number of nitrogens with zero attached hydrogens (tertiary/aromatic N) is 1. The van der Waals surface area contributed by atoms with Crippen LogP contribution in [0.15, 0.2) is 29.6 Å². The quantitative estimate of drug-likeness (QED) is 0.859. The number of rotatable bonds is 5. The molecule has 1 heterocycles. The van der Waals surface area contributed by atoms with Gasteiger partial charge in [-0.3, -0.25) is 4.79 Å². The lowest BCUT2D eigenvalue weighted by Gasteiger charge is -2.04. The number of amides is 1. The SMILES string of the molecule is O=C(Cc1nc(CCl)cs1)NCc1cccc(Cl)c1. The Kier molecular flexibility index (Phi) is 5.19. The largest absolute Gasteiger partial charge is 0.352 e. The van der Waals surface area contributed by atoms with Crippen molar-refractivity contribution >= 4 is 40.4 Å². The van der Waals surface area contributed by atoms with Crippen LogP contribution in [-0.4, -0.2) is 10.9 Å². The number of benzene rings is 1. The van der Waals surface area contributed by atoms with Crippen LogP contribution in [0.5, 0.6) is 0 Å². The van der Waals surface area contributed by atoms with Gasteiger partial charge in [-0.1, -0.05) is 23.7 Å². The van der Waals surface area contributed by atoms with Crippen LogP contribution < -0.4 is 5.32 Å². The Bertz CT molecular complexity index is 571. The maximum atomic E-state index is 11.8. The molecule has 0 spiro atoms. The first-order valence-corrected chi connectivity index (χ1v) is 7.47. The van der Waals surface area contributed by atoms with E-state index in [9.17, 15) is 4.79 Å². The number of halogens is 2. The van der Waals surface area contributed by atoms with Crippen molar-refractivity contribution in [2.45, 2.75) is 18.8 Å². The molecular formula is C13H12Cl2N2OS. The molecule has 0 aliphatic heterocycles. The zero-order valence-electron chi connectivity index (χ0n) is 10.0. The van der Waals surface area contributed by atoms with E-state index in [0.717, 1.165) is 16.3 Å². The minimum Gasteiger partial charge on any atom is -0.352 e. The molecule has 1 N–H and O–H groups in total. The predicted molar refractivity (Wildman–Crippen MR) is 78.7 cm³/mol. The molecule has 0 fully saturated rings. The predicted octanol–water partition coefficient (Wildman–Crippen LogP) is 3.39. The molecule has 3 nitrogen and oxygen atoms in total. The Balaban J connectivity index is 1.84. The number of alkyl halides is 1. The summed E-state index contributed by atoms with van der Waals surface area (Å²) < 4.78 is 0. The van der Waals surface area contributed by atoms with Crippen molar-refractivity contribution in [2.75, 3.05) is 0 Å². The molecular weight excluding hydrogens is 303 g/mol. The van der Waals surface area contributed by atoms with Crippen molar-refractivity contribution < 1.29 is 4.79 Å². The van der Waals surface area contributed by atoms with E-state index in [2.05, 4.69) is 10.3 Å². The highest BCUT2D eigenvalue weighted by atomic mass is 35.5. The van der Waals surface area contributed by atoms with Crippen molar-refractivity contribution in [2.24, 2.45) is 0 Å². The van der Waals surface area contributed by atoms with E-state index in [1.54, 1.807) is 6.07 Å². The summed E-state index contributed by atoms with van der Waals surface area (Å²) in [7, 11) is 0. The first kappa shape index (κ1) is 14.3. The van der Waals surface area contributed by atoms with Crippen LogP contribution in [0.2, 0.25) is 5.02 Å². The van der Waals surface area contributed by atoms with Gasteiger partial charge in [-0.25, -0.2) is 4.98 Å². The van der Waals surface area contributed by atoms with Gasteiger partial charge in [-0.15, -0.1) is 22.9 Å². The van der Waals surface area contributed by atoms with Crippen molar-refractivity contribution in [1.82, 2.24) is 10.3 Å². The Labute approximate surface area is 125 Å². The van der Waals surface area contributed by atoms with Crippen LogP contribution in [0.1, 0.15) is 16.3 Å². The standard InChI is InChI=1S/C13H12Cl2N2OS/c14-6-11-8-19-13(17-11)5-12(18)16-7-9-2-1-3-10(15)4-9/h1-4,8H,5-7H2,(H,16,18). The summed E-state index contributed by atoms with van der Waals surface area (Å²) >= 11 is 13.0. The Morgan fingerprint density at radius 1 is 1.42 bits per heavy atom. The summed E-state index contributed by atoms with van der Waals surface area (Å²) in [5.41, 5.74) is 1.78. The van der Waals surface area contributed by atoms with Crippen LogP contribution in [0, 0.1) is 0 Å². The van der Waals surface area contributed by atoms with Crippen LogP contribution >= 0.6 is 34.5 Å². The summed E-state index contributed by atoms with van der Waals surface area (Å²) in [5.74, 6) is 0.316. The Morgan fingerprint density at radius 3 is 2.95 bits per heavy atom. The number of carbonyl (C=O) groups is 1. The molecule has 1 aromatic heterocycles. The zero-order valence-corrected chi connectivity index (χ0v) is 12.4. The van der Waals surface area contributed by atoms with Gasteiger partial charge in [0.05, 0.1) is 18.0 Å². The summed E-state index contributed by atoms with van der Waals surface area (Å²) in [6.07, 6.45) is 0.280. The molecule has 0 atom stereocenters. The molecule has 19 heavy (non-hydrogen) atoms. The molecule has 2 aromatic rings. The average Bonchev–Trinajstić information content (AvgIpc) is 2.84. The Morgan fingerprint density at radius 2 is 2.26 bits per heavy atom. The molecule has 0 radical (unpaired) electrons. The molecule has 100 valence electrons. The minimum atomic E-state index is -0.0598. The first-order chi connectivity index (χ1) is 9.17. The molecule has 0 saturated carbocycles. The fourth-order valence-corrected chi connectivity index (χ4v) is 2.77. The van der Waals surface area contributed by atoms with Crippen LogP contribution in [0.25, 0.3) is 0 Å². The Hall–Kier alpha value is -1.10. The molecule has 6 heteroatoms. The van der Waals surface area contributed by atoms with Crippen molar-refractivity contribution in [3.05, 3.63) is 50.9 Å². The van der Waals surface area contributed by atoms with Crippen LogP contribution in [0.4, 0.5) is 0 Å². The highest BCUT2D eigenvalue weighted by Crippen LogP contribution is 2.13. The van der Waals surface area contributed by atoms with Gasteiger partial charge in [0.25, 0.3) is 0 Å². The highest BCUT2D eigenvalue weighted by Gasteiger charge is 2.07. The van der Waals surface area contributed by atoms with Crippen LogP contribution in [0.3, 0.4) is 0 Å². The zero-order chi connectivity index (χ0) is 13.7. The molecule has 1 aromatic carbocycles. The normalized spacial score (nSPS) is 10.4. The molecule has 0 saturated heterocycles. The maximum absolute atomic E-state index is 11.8. The number of hydrogen-bond donors (Lipinski definition) is 1. The summed E-state index contributed by atoms with van der Waals surface area (Å²) in [6, 6.07) is 7.41. The van der Waals surface area contributed by atoms with E-state index in [1.807, 2.05) is 23.6 Å². The molecule has 1 amide bonds. The molecule has 0 aliphatic rings. The fourth-order valence-electron chi connectivity index (χ4n) is 1.54. The minimum absolute atomic E-state index is 0.0598. The number of aromatic nitrogens is 1. The number of carbonyl (C=O) groups excluding carboxylic acids is 1. The fraction of sp³-hybridized carbons (Fsp3) is 0.231. The third kappa shape index (κ3) is 4.49. The van der Waals surface area contributed by atoms with E-state index in [0.29, 0.717) is 17.4 Å². The van der Waals surface area contributed by atoms with Crippen molar-refractivity contribution in [3.63, 3.8) is 0 Å². The topological polar surface area (TPSA) is 42.0 Å². The molecule has 2 rings (SSSR count). The van der Waals surface area contributed by atoms with E-state index >= 15 is 0 Å². The first-order valence-electron chi connectivity index (χ1n) is 5.68. The smallest absolute Gasteiger partial charge is 0.227 e. The molecule has 0 bridgehead atoms. The molecule has 0 aliphatic carbocycles. The second-order valence-electron chi connectivity index (χ2n) is 3.95. The van der Waals surface area contributed by atoms with Gasteiger partial charge in [0, 0.05) is 16.9 Å². The van der Waals surface area contributed by atoms with Gasteiger partial charge in [-0.05, 0) is 17.7 Å². The van der Waals surface area contributed by atoms with E-state index in [1.165, 1.54) is 11.3 Å². The van der Waals surface area contributed by atoms with Gasteiger partial charge >= 0.3 is 0 Å². The third-order valence-corrected chi connectivity index (χ3v) is 3.83. The lowest BCUT2D eigenvalue weighted by molar-refractivity contribution is -0.120. The van der Waals surface area contributed by atoms with E-state index < -0.39 is 0 Å². The van der Waals surface area contributed by atoms with Gasteiger partial charge in [0.1, 0.15) is 5.01 Å². The van der Waals surface area contributed by atoms with Crippen molar-refractivity contribution in [3.8, 4) is 0 Å². The van der Waals surface area contributed by atoms with Gasteiger partial charge in [0.2, 0.25) is 5.91 Å². The third-order valence-electron chi connectivity index (χ3n) is 2.43. The van der Waals surface area contributed by atoms with Crippen LogP contribution in [-0.2, 0) is 23.6 Å². The van der Waals surface area contributed by atoms with Gasteiger partial charge < -0.3 is 5.32 Å². The summed E-state index contributed by atoms with van der Waals surface area (Å²) in [5, 5.41) is 6.15. The van der Waals surface area contributed by atoms with Gasteiger partial charge in [0.15, 0.2) is 0 Å². The monoisotopic (exact) mass is 314 g/mol. The maximum Gasteiger partial charge on any atom is 0.227 e. The molecule has 0 unspecified atom stereocenters.